The molecule has 0 fully saturated rings. The van der Waals surface area contributed by atoms with E-state index in [9.17, 15) is 4.79 Å². The number of carboxylic acids is 1. The second-order valence-corrected chi connectivity index (χ2v) is 1.81. The van der Waals surface area contributed by atoms with Crippen LogP contribution in [-0.2, 0) is 4.79 Å². The summed E-state index contributed by atoms with van der Waals surface area (Å²) in [5.41, 5.74) is 13.0. The van der Waals surface area contributed by atoms with Gasteiger partial charge in [-0.2, -0.15) is 0 Å². The van der Waals surface area contributed by atoms with Crippen LogP contribution in [0.3, 0.4) is 0 Å². The maximum atomic E-state index is 10.1. The topological polar surface area (TPSA) is 112 Å². The van der Waals surface area contributed by atoms with E-state index in [1.807, 2.05) is 0 Å². The highest BCUT2D eigenvalue weighted by atomic mass is 16.4. The van der Waals surface area contributed by atoms with Crippen molar-refractivity contribution in [3.63, 3.8) is 0 Å². The fraction of sp³-hybridized carbons (Fsp3) is 0.750. The summed E-state index contributed by atoms with van der Waals surface area (Å²) in [6.45, 7) is 1.44. The third-order valence-electron chi connectivity index (χ3n) is 1.04. The molecule has 56 valence electrons. The zero-order valence-corrected chi connectivity index (χ0v) is 5.43. The first-order valence-corrected chi connectivity index (χ1v) is 2.62. The van der Waals surface area contributed by atoms with Gasteiger partial charge in [-0.15, -0.1) is 0 Å². The van der Waals surface area contributed by atoms with Crippen molar-refractivity contribution in [3.05, 3.63) is 10.4 Å². The van der Waals surface area contributed by atoms with Crippen LogP contribution in [0, 0.1) is 0 Å². The van der Waals surface area contributed by atoms with Crippen molar-refractivity contribution in [2.45, 2.75) is 19.0 Å². The number of nitrogens with zero attached hydrogens (tertiary/aromatic N) is 3. The van der Waals surface area contributed by atoms with E-state index in [4.69, 9.17) is 16.4 Å². The van der Waals surface area contributed by atoms with Crippen molar-refractivity contribution in [1.29, 1.82) is 0 Å². The van der Waals surface area contributed by atoms with Gasteiger partial charge in [-0.1, -0.05) is 12.0 Å². The summed E-state index contributed by atoms with van der Waals surface area (Å²) in [4.78, 5) is 12.5. The lowest BCUT2D eigenvalue weighted by Gasteiger charge is -2.07. The smallest absolute Gasteiger partial charge is 0.320 e. The minimum atomic E-state index is -1.17. The second kappa shape index (κ2) is 3.71. The molecule has 0 saturated carbocycles. The third kappa shape index (κ3) is 2.34. The minimum Gasteiger partial charge on any atom is -0.480 e. The molecule has 3 N–H and O–H groups in total. The second-order valence-electron chi connectivity index (χ2n) is 1.81. The van der Waals surface area contributed by atoms with Gasteiger partial charge in [-0.05, 0) is 5.53 Å². The van der Waals surface area contributed by atoms with Gasteiger partial charge in [0.2, 0.25) is 0 Å². The Hall–Kier alpha value is -1.26. The molecule has 0 rings (SSSR count). The molecule has 0 radical (unpaired) electrons. The van der Waals surface area contributed by atoms with E-state index in [0.29, 0.717) is 0 Å². The Balaban J connectivity index is 4.06. The summed E-state index contributed by atoms with van der Waals surface area (Å²) in [6, 6.07) is -1.82. The molecule has 0 aliphatic rings. The van der Waals surface area contributed by atoms with E-state index in [0.717, 1.165) is 0 Å². The average molecular weight is 144 g/mol. The molecule has 0 aliphatic carbocycles. The molecule has 0 spiro atoms. The summed E-state index contributed by atoms with van der Waals surface area (Å²) >= 11 is 0. The number of carboxylic acid groups (broad SMARTS) is 1. The third-order valence-corrected chi connectivity index (χ3v) is 1.04. The van der Waals surface area contributed by atoms with Gasteiger partial charge in [0.05, 0.1) is 6.04 Å². The van der Waals surface area contributed by atoms with Crippen LogP contribution in [0.1, 0.15) is 6.92 Å². The first-order valence-electron chi connectivity index (χ1n) is 2.62. The SMILES string of the molecule is CC(N=[N+]=[N-])[C@@H](N)C(=O)O. The fourth-order valence-corrected chi connectivity index (χ4v) is 0.360. The summed E-state index contributed by atoms with van der Waals surface area (Å²) < 4.78 is 0. The van der Waals surface area contributed by atoms with Crippen LogP contribution in [0.5, 0.6) is 0 Å². The number of hydrogen-bond donors (Lipinski definition) is 2. The molecule has 0 heterocycles. The Morgan fingerprint density at radius 3 is 2.70 bits per heavy atom. The van der Waals surface area contributed by atoms with Crippen LogP contribution in [-0.4, -0.2) is 23.2 Å². The lowest BCUT2D eigenvalue weighted by atomic mass is 10.2. The van der Waals surface area contributed by atoms with Crippen molar-refractivity contribution in [3.8, 4) is 0 Å². The van der Waals surface area contributed by atoms with E-state index in [1.165, 1.54) is 6.92 Å². The lowest BCUT2D eigenvalue weighted by molar-refractivity contribution is -0.138. The number of nitrogens with two attached hydrogens (primary N) is 1. The normalized spacial score (nSPS) is 15.0. The molecular weight excluding hydrogens is 136 g/mol. The molecular formula is C4H8N4O2. The molecule has 0 aliphatic heterocycles. The first-order chi connectivity index (χ1) is 4.59. The molecule has 6 heteroatoms. The summed E-state index contributed by atoms with van der Waals surface area (Å²) in [5, 5.41) is 11.4. The fourth-order valence-electron chi connectivity index (χ4n) is 0.360. The van der Waals surface area contributed by atoms with Gasteiger partial charge >= 0.3 is 5.97 Å². The summed E-state index contributed by atoms with van der Waals surface area (Å²) in [7, 11) is 0. The number of hydrogen-bond acceptors (Lipinski definition) is 3. The van der Waals surface area contributed by atoms with Crippen LogP contribution in [0.25, 0.3) is 10.4 Å². The number of rotatable bonds is 3. The Bertz CT molecular complexity index is 168. The summed E-state index contributed by atoms with van der Waals surface area (Å²) in [5.74, 6) is -1.17. The first kappa shape index (κ1) is 8.74. The highest BCUT2D eigenvalue weighted by Gasteiger charge is 2.17. The Kier molecular flexibility index (Phi) is 3.24. The molecule has 0 amide bonds. The van der Waals surface area contributed by atoms with Crippen LogP contribution in [0.2, 0.25) is 0 Å². The largest absolute Gasteiger partial charge is 0.480 e. The molecule has 0 saturated heterocycles. The van der Waals surface area contributed by atoms with Crippen molar-refractivity contribution in [2.75, 3.05) is 0 Å². The van der Waals surface area contributed by atoms with Crippen molar-refractivity contribution in [1.82, 2.24) is 0 Å². The van der Waals surface area contributed by atoms with Crippen LogP contribution < -0.4 is 5.73 Å². The Labute approximate surface area is 57.3 Å². The van der Waals surface area contributed by atoms with Gasteiger partial charge in [-0.3, -0.25) is 4.79 Å². The molecule has 6 nitrogen and oxygen atoms in total. The van der Waals surface area contributed by atoms with Gasteiger partial charge in [0.15, 0.2) is 0 Å². The van der Waals surface area contributed by atoms with E-state index in [1.54, 1.807) is 0 Å². The molecule has 0 aromatic carbocycles. The highest BCUT2D eigenvalue weighted by molar-refractivity contribution is 5.74. The van der Waals surface area contributed by atoms with Crippen LogP contribution in [0.15, 0.2) is 5.11 Å². The molecule has 2 atom stereocenters. The molecule has 0 aromatic rings. The standard InChI is InChI=1S/C4H8N4O2/c1-2(7-8-6)3(5)4(9)10/h2-3H,5H2,1H3,(H,9,10)/t2?,3-/m1/s1. The van der Waals surface area contributed by atoms with Crippen LogP contribution >= 0.6 is 0 Å². The predicted molar refractivity (Wildman–Crippen MR) is 34.2 cm³/mol. The van der Waals surface area contributed by atoms with Crippen molar-refractivity contribution < 1.29 is 9.90 Å². The number of carbonyl (C=O) groups is 1. The molecule has 1 unspecified atom stereocenters. The maximum Gasteiger partial charge on any atom is 0.320 e. The minimum absolute atomic E-state index is 0.706. The van der Waals surface area contributed by atoms with Crippen molar-refractivity contribution >= 4 is 5.97 Å². The Morgan fingerprint density at radius 2 is 2.40 bits per heavy atom. The predicted octanol–water partition coefficient (Wildman–Crippen LogP) is 0.0971. The van der Waals surface area contributed by atoms with Gasteiger partial charge in [-0.25, -0.2) is 0 Å². The van der Waals surface area contributed by atoms with E-state index < -0.39 is 18.1 Å². The van der Waals surface area contributed by atoms with E-state index >= 15 is 0 Å². The lowest BCUT2D eigenvalue weighted by Crippen LogP contribution is -2.38. The van der Waals surface area contributed by atoms with E-state index in [-0.39, 0.29) is 0 Å². The Morgan fingerprint density at radius 1 is 1.90 bits per heavy atom. The molecule has 10 heavy (non-hydrogen) atoms. The van der Waals surface area contributed by atoms with Crippen molar-refractivity contribution in [2.24, 2.45) is 10.8 Å². The monoisotopic (exact) mass is 144 g/mol. The quantitative estimate of drug-likeness (QED) is 0.332. The van der Waals surface area contributed by atoms with Gasteiger partial charge in [0.25, 0.3) is 0 Å². The average Bonchev–Trinajstić information content (AvgIpc) is 1.87. The van der Waals surface area contributed by atoms with E-state index in [2.05, 4.69) is 10.0 Å². The number of aliphatic carboxylic acids is 1. The molecule has 0 aromatic heterocycles. The van der Waals surface area contributed by atoms with Gasteiger partial charge in [0.1, 0.15) is 6.04 Å². The molecule has 0 bridgehead atoms. The number of azide groups is 1. The van der Waals surface area contributed by atoms with Crippen LogP contribution in [0.4, 0.5) is 0 Å². The maximum absolute atomic E-state index is 10.1. The summed E-state index contributed by atoms with van der Waals surface area (Å²) in [6.07, 6.45) is 0. The highest BCUT2D eigenvalue weighted by Crippen LogP contribution is 1.94. The zero-order chi connectivity index (χ0) is 8.15. The van der Waals surface area contributed by atoms with Gasteiger partial charge < -0.3 is 10.8 Å². The zero-order valence-electron chi connectivity index (χ0n) is 5.43. The van der Waals surface area contributed by atoms with Gasteiger partial charge in [0, 0.05) is 4.91 Å².